The first kappa shape index (κ1) is 8.85. The molecule has 1 aliphatic rings. The van der Waals surface area contributed by atoms with Gasteiger partial charge in [-0.05, 0) is 19.3 Å². The van der Waals surface area contributed by atoms with E-state index < -0.39 is 0 Å². The van der Waals surface area contributed by atoms with Gasteiger partial charge in [-0.3, -0.25) is 4.79 Å². The fraction of sp³-hybridized carbons (Fsp3) is 0.667. The fourth-order valence-electron chi connectivity index (χ4n) is 1.27. The van der Waals surface area contributed by atoms with Gasteiger partial charge in [-0.25, -0.2) is 0 Å². The quantitative estimate of drug-likeness (QED) is 0.475. The van der Waals surface area contributed by atoms with Crippen molar-refractivity contribution in [1.29, 1.82) is 0 Å². The third-order valence-corrected chi connectivity index (χ3v) is 3.11. The van der Waals surface area contributed by atoms with Crippen molar-refractivity contribution < 1.29 is 4.79 Å². The predicted molar refractivity (Wildman–Crippen MR) is 49.9 cm³/mol. The number of hydrogen-bond acceptors (Lipinski definition) is 2. The van der Waals surface area contributed by atoms with Gasteiger partial charge in [0.05, 0.1) is 5.75 Å². The van der Waals surface area contributed by atoms with E-state index in [1.165, 1.54) is 0 Å². The Kier molecular flexibility index (Phi) is 3.70. The van der Waals surface area contributed by atoms with Gasteiger partial charge in [0, 0.05) is 11.7 Å². The Labute approximate surface area is 72.2 Å². The minimum Gasteiger partial charge on any atom is -0.298 e. The van der Waals surface area contributed by atoms with Crippen LogP contribution in [0.2, 0.25) is 0 Å². The van der Waals surface area contributed by atoms with Gasteiger partial charge < -0.3 is 0 Å². The van der Waals surface area contributed by atoms with E-state index in [1.54, 1.807) is 11.8 Å². The summed E-state index contributed by atoms with van der Waals surface area (Å²) in [5, 5.41) is 0. The molecule has 62 valence electrons. The lowest BCUT2D eigenvalue weighted by Gasteiger charge is -2.03. The maximum Gasteiger partial charge on any atom is 0.146 e. The van der Waals surface area contributed by atoms with Gasteiger partial charge in [-0.2, -0.15) is 11.8 Å². The molecule has 1 aliphatic heterocycles. The highest BCUT2D eigenvalue weighted by molar-refractivity contribution is 8.00. The highest BCUT2D eigenvalue weighted by Crippen LogP contribution is 2.24. The van der Waals surface area contributed by atoms with Crippen LogP contribution in [0.25, 0.3) is 0 Å². The molecular weight excluding hydrogens is 156 g/mol. The first-order valence-corrected chi connectivity index (χ1v) is 5.21. The van der Waals surface area contributed by atoms with Crippen LogP contribution in [0.4, 0.5) is 0 Å². The molecule has 1 nitrogen and oxygen atoms in total. The average Bonchev–Trinajstić information content (AvgIpc) is 2.37. The maximum absolute atomic E-state index is 11.1. The summed E-state index contributed by atoms with van der Waals surface area (Å²) in [4.78, 5) is 11.1. The van der Waals surface area contributed by atoms with E-state index in [-0.39, 0.29) is 0 Å². The van der Waals surface area contributed by atoms with Crippen LogP contribution in [0.1, 0.15) is 19.3 Å². The Morgan fingerprint density at radius 3 is 3.09 bits per heavy atom. The number of carbonyl (C=O) groups is 1. The summed E-state index contributed by atoms with van der Waals surface area (Å²) < 4.78 is 0. The number of unbranched alkanes of at least 4 members (excludes halogenated alkanes) is 1. The summed E-state index contributed by atoms with van der Waals surface area (Å²) in [6.45, 7) is 3.65. The predicted octanol–water partition coefficient (Wildman–Crippen LogP) is 2.27. The molecule has 1 saturated heterocycles. The minimum absolute atomic E-state index is 0.361. The number of carbonyl (C=O) groups excluding carboxylic acids is 1. The molecule has 0 bridgehead atoms. The molecule has 0 aromatic carbocycles. The minimum atomic E-state index is 0.361. The second kappa shape index (κ2) is 4.60. The summed E-state index contributed by atoms with van der Waals surface area (Å²) in [6.07, 6.45) is 5.17. The van der Waals surface area contributed by atoms with Gasteiger partial charge in [-0.15, -0.1) is 6.58 Å². The molecule has 2 heteroatoms. The molecule has 1 heterocycles. The summed E-state index contributed by atoms with van der Waals surface area (Å²) in [6, 6.07) is 0. The van der Waals surface area contributed by atoms with Crippen molar-refractivity contribution in [1.82, 2.24) is 0 Å². The van der Waals surface area contributed by atoms with Gasteiger partial charge in [0.25, 0.3) is 0 Å². The van der Waals surface area contributed by atoms with E-state index in [2.05, 4.69) is 6.58 Å². The lowest BCUT2D eigenvalue weighted by atomic mass is 10.0. The Morgan fingerprint density at radius 1 is 1.73 bits per heavy atom. The highest BCUT2D eigenvalue weighted by Gasteiger charge is 2.23. The van der Waals surface area contributed by atoms with Crippen molar-refractivity contribution >= 4 is 17.5 Å². The van der Waals surface area contributed by atoms with E-state index in [9.17, 15) is 4.79 Å². The second-order valence-electron chi connectivity index (χ2n) is 2.90. The number of thioether (sulfide) groups is 1. The summed E-state index contributed by atoms with van der Waals surface area (Å²) in [5.74, 6) is 2.62. The first-order valence-electron chi connectivity index (χ1n) is 4.06. The van der Waals surface area contributed by atoms with E-state index in [0.29, 0.717) is 11.7 Å². The molecule has 0 saturated carbocycles. The van der Waals surface area contributed by atoms with E-state index in [1.807, 2.05) is 6.08 Å². The van der Waals surface area contributed by atoms with Gasteiger partial charge >= 0.3 is 0 Å². The van der Waals surface area contributed by atoms with E-state index in [4.69, 9.17) is 0 Å². The zero-order valence-electron chi connectivity index (χ0n) is 6.71. The Morgan fingerprint density at radius 2 is 2.55 bits per heavy atom. The fourth-order valence-corrected chi connectivity index (χ4v) is 2.46. The van der Waals surface area contributed by atoms with E-state index in [0.717, 1.165) is 30.8 Å². The molecule has 0 radical (unpaired) electrons. The zero-order valence-corrected chi connectivity index (χ0v) is 7.53. The van der Waals surface area contributed by atoms with Crippen LogP contribution in [-0.2, 0) is 4.79 Å². The van der Waals surface area contributed by atoms with Crippen LogP contribution in [0.3, 0.4) is 0 Å². The van der Waals surface area contributed by atoms with Crippen molar-refractivity contribution in [2.24, 2.45) is 5.92 Å². The van der Waals surface area contributed by atoms with Crippen LogP contribution in [0.15, 0.2) is 12.7 Å². The lowest BCUT2D eigenvalue weighted by Crippen LogP contribution is -2.10. The molecule has 0 aromatic rings. The van der Waals surface area contributed by atoms with Gasteiger partial charge in [-0.1, -0.05) is 6.08 Å². The SMILES string of the molecule is C=CCCCC1CSCC1=O. The molecule has 1 fully saturated rings. The number of ketones is 1. The Balaban J connectivity index is 2.15. The van der Waals surface area contributed by atoms with Gasteiger partial charge in [0.15, 0.2) is 0 Å². The largest absolute Gasteiger partial charge is 0.298 e. The molecule has 0 aliphatic carbocycles. The number of hydrogen-bond donors (Lipinski definition) is 0. The standard InChI is InChI=1S/C9H14OS/c1-2-3-4-5-8-6-11-7-9(8)10/h2,8H,1,3-7H2. The molecule has 0 spiro atoms. The molecule has 0 amide bonds. The molecule has 11 heavy (non-hydrogen) atoms. The van der Waals surface area contributed by atoms with Gasteiger partial charge in [0.2, 0.25) is 0 Å². The van der Waals surface area contributed by atoms with Crippen LogP contribution in [0.5, 0.6) is 0 Å². The van der Waals surface area contributed by atoms with Crippen molar-refractivity contribution in [2.45, 2.75) is 19.3 Å². The molecular formula is C9H14OS. The van der Waals surface area contributed by atoms with Gasteiger partial charge in [0.1, 0.15) is 5.78 Å². The second-order valence-corrected chi connectivity index (χ2v) is 3.93. The Hall–Kier alpha value is -0.240. The zero-order chi connectivity index (χ0) is 8.10. The smallest absolute Gasteiger partial charge is 0.146 e. The molecule has 1 atom stereocenters. The normalized spacial score (nSPS) is 24.0. The summed E-state index contributed by atoms with van der Waals surface area (Å²) in [7, 11) is 0. The highest BCUT2D eigenvalue weighted by atomic mass is 32.2. The summed E-state index contributed by atoms with van der Waals surface area (Å²) >= 11 is 1.77. The van der Waals surface area contributed by atoms with Crippen LogP contribution >= 0.6 is 11.8 Å². The van der Waals surface area contributed by atoms with Crippen LogP contribution < -0.4 is 0 Å². The monoisotopic (exact) mass is 170 g/mol. The van der Waals surface area contributed by atoms with Crippen LogP contribution in [0, 0.1) is 5.92 Å². The molecule has 1 unspecified atom stereocenters. The first-order chi connectivity index (χ1) is 5.34. The Bertz CT molecular complexity index is 154. The topological polar surface area (TPSA) is 17.1 Å². The molecule has 1 rings (SSSR count). The number of allylic oxidation sites excluding steroid dienone is 1. The number of Topliss-reactive ketones (excluding diaryl/α,β-unsaturated/α-hetero) is 1. The van der Waals surface area contributed by atoms with E-state index >= 15 is 0 Å². The average molecular weight is 170 g/mol. The van der Waals surface area contributed by atoms with Crippen molar-refractivity contribution in [3.8, 4) is 0 Å². The summed E-state index contributed by atoms with van der Waals surface area (Å²) in [5.41, 5.74) is 0. The number of rotatable bonds is 4. The maximum atomic E-state index is 11.1. The van der Waals surface area contributed by atoms with Crippen molar-refractivity contribution in [2.75, 3.05) is 11.5 Å². The third-order valence-electron chi connectivity index (χ3n) is 1.98. The molecule has 0 aromatic heterocycles. The lowest BCUT2D eigenvalue weighted by molar-refractivity contribution is -0.119. The molecule has 0 N–H and O–H groups in total. The van der Waals surface area contributed by atoms with Crippen molar-refractivity contribution in [3.63, 3.8) is 0 Å². The van der Waals surface area contributed by atoms with Crippen LogP contribution in [-0.4, -0.2) is 17.3 Å². The third kappa shape index (κ3) is 2.70. The van der Waals surface area contributed by atoms with Crippen molar-refractivity contribution in [3.05, 3.63) is 12.7 Å².